The number of rotatable bonds is 6. The molecule has 0 saturated carbocycles. The number of benzene rings is 2. The number of nitrogens with one attached hydrogen (secondary N) is 4. The summed E-state index contributed by atoms with van der Waals surface area (Å²) in [5, 5.41) is 13.3. The molecule has 2 aromatic rings. The Kier molecular flexibility index (Phi) is 8.72. The fourth-order valence-electron chi connectivity index (χ4n) is 3.14. The van der Waals surface area contributed by atoms with Crippen molar-refractivity contribution in [3.63, 3.8) is 0 Å². The highest BCUT2D eigenvalue weighted by atomic mass is 35.5. The molecule has 3 rings (SSSR count). The van der Waals surface area contributed by atoms with Crippen LogP contribution in [-0.4, -0.2) is 32.2 Å². The Bertz CT molecular complexity index is 740. The van der Waals surface area contributed by atoms with Crippen molar-refractivity contribution < 1.29 is 4.79 Å². The molecule has 2 aromatic carbocycles. The van der Waals surface area contributed by atoms with Gasteiger partial charge in [0.1, 0.15) is 0 Å². The van der Waals surface area contributed by atoms with Crippen LogP contribution in [0.15, 0.2) is 42.5 Å². The second kappa shape index (κ2) is 11.0. The highest BCUT2D eigenvalue weighted by Gasteiger charge is 2.14. The van der Waals surface area contributed by atoms with Gasteiger partial charge in [0.15, 0.2) is 0 Å². The SMILES string of the molecule is Cl.O=C(NCCCNc1c(Cl)ccc2c1CCNCC2)Nc1ccccc1. The Morgan fingerprint density at radius 3 is 2.63 bits per heavy atom. The molecule has 0 atom stereocenters. The maximum atomic E-state index is 11.9. The number of fused-ring (bicyclic) bond motifs is 1. The first-order valence-corrected chi connectivity index (χ1v) is 9.46. The van der Waals surface area contributed by atoms with Crippen molar-refractivity contribution in [1.29, 1.82) is 0 Å². The monoisotopic (exact) mass is 408 g/mol. The lowest BCUT2D eigenvalue weighted by Gasteiger charge is -2.16. The van der Waals surface area contributed by atoms with Gasteiger partial charge in [-0.3, -0.25) is 0 Å². The molecular weight excluding hydrogens is 383 g/mol. The van der Waals surface area contributed by atoms with Gasteiger partial charge >= 0.3 is 6.03 Å². The van der Waals surface area contributed by atoms with Crippen LogP contribution in [0.5, 0.6) is 0 Å². The van der Waals surface area contributed by atoms with Crippen LogP contribution < -0.4 is 21.3 Å². The molecule has 0 saturated heterocycles. The number of halogens is 2. The van der Waals surface area contributed by atoms with Crippen LogP contribution >= 0.6 is 24.0 Å². The Morgan fingerprint density at radius 2 is 1.81 bits per heavy atom. The van der Waals surface area contributed by atoms with Crippen LogP contribution in [0, 0.1) is 0 Å². The summed E-state index contributed by atoms with van der Waals surface area (Å²) in [6.45, 7) is 3.34. The molecule has 5 nitrogen and oxygen atoms in total. The van der Waals surface area contributed by atoms with Crippen molar-refractivity contribution in [3.05, 3.63) is 58.6 Å². The first-order valence-electron chi connectivity index (χ1n) is 9.09. The second-order valence-corrected chi connectivity index (χ2v) is 6.74. The lowest BCUT2D eigenvalue weighted by Crippen LogP contribution is -2.30. The molecule has 27 heavy (non-hydrogen) atoms. The number of carbonyl (C=O) groups is 1. The van der Waals surface area contributed by atoms with Gasteiger partial charge < -0.3 is 21.3 Å². The Balaban J connectivity index is 0.00000261. The number of urea groups is 1. The lowest BCUT2D eigenvalue weighted by atomic mass is 10.0. The molecule has 0 bridgehead atoms. The van der Waals surface area contributed by atoms with E-state index in [2.05, 4.69) is 27.3 Å². The summed E-state index contributed by atoms with van der Waals surface area (Å²) in [6, 6.07) is 13.3. The molecule has 0 aromatic heterocycles. The summed E-state index contributed by atoms with van der Waals surface area (Å²) in [6.07, 6.45) is 2.83. The van der Waals surface area contributed by atoms with Crippen molar-refractivity contribution in [2.45, 2.75) is 19.3 Å². The highest BCUT2D eigenvalue weighted by Crippen LogP contribution is 2.30. The average molecular weight is 409 g/mol. The summed E-state index contributed by atoms with van der Waals surface area (Å²) in [5.41, 5.74) is 4.51. The minimum atomic E-state index is -0.186. The van der Waals surface area contributed by atoms with E-state index in [1.165, 1.54) is 11.1 Å². The van der Waals surface area contributed by atoms with Gasteiger partial charge in [0.25, 0.3) is 0 Å². The van der Waals surface area contributed by atoms with E-state index in [0.29, 0.717) is 6.54 Å². The van der Waals surface area contributed by atoms with E-state index < -0.39 is 0 Å². The number of hydrogen-bond acceptors (Lipinski definition) is 3. The second-order valence-electron chi connectivity index (χ2n) is 6.34. The minimum absolute atomic E-state index is 0. The summed E-state index contributed by atoms with van der Waals surface area (Å²) in [7, 11) is 0. The Labute approximate surface area is 171 Å². The van der Waals surface area contributed by atoms with E-state index in [-0.39, 0.29) is 18.4 Å². The van der Waals surface area contributed by atoms with E-state index in [1.807, 2.05) is 36.4 Å². The van der Waals surface area contributed by atoms with Crippen LogP contribution in [0.3, 0.4) is 0 Å². The molecule has 1 heterocycles. The zero-order valence-corrected chi connectivity index (χ0v) is 16.8. The van der Waals surface area contributed by atoms with E-state index in [1.54, 1.807) is 0 Å². The van der Waals surface area contributed by atoms with Crippen LogP contribution in [0.4, 0.5) is 16.2 Å². The van der Waals surface area contributed by atoms with Crippen molar-refractivity contribution >= 4 is 41.4 Å². The average Bonchev–Trinajstić information content (AvgIpc) is 2.89. The molecule has 146 valence electrons. The molecule has 0 unspecified atom stereocenters. The van der Waals surface area contributed by atoms with Crippen molar-refractivity contribution in [2.75, 3.05) is 36.8 Å². The van der Waals surface area contributed by atoms with Gasteiger partial charge in [-0.25, -0.2) is 4.79 Å². The predicted octanol–water partition coefficient (Wildman–Crippen LogP) is 4.07. The van der Waals surface area contributed by atoms with Crippen molar-refractivity contribution in [1.82, 2.24) is 10.6 Å². The van der Waals surface area contributed by atoms with Crippen LogP contribution in [-0.2, 0) is 12.8 Å². The zero-order valence-electron chi connectivity index (χ0n) is 15.2. The third-order valence-corrected chi connectivity index (χ3v) is 4.77. The van der Waals surface area contributed by atoms with Crippen LogP contribution in [0.25, 0.3) is 0 Å². The van der Waals surface area contributed by atoms with E-state index >= 15 is 0 Å². The number of anilines is 2. The van der Waals surface area contributed by atoms with Crippen molar-refractivity contribution in [3.8, 4) is 0 Å². The maximum Gasteiger partial charge on any atom is 0.319 e. The number of carbonyl (C=O) groups excluding carboxylic acids is 1. The quantitative estimate of drug-likeness (QED) is 0.544. The summed E-state index contributed by atoms with van der Waals surface area (Å²) >= 11 is 6.41. The summed E-state index contributed by atoms with van der Waals surface area (Å²) < 4.78 is 0. The summed E-state index contributed by atoms with van der Waals surface area (Å²) in [5.74, 6) is 0. The van der Waals surface area contributed by atoms with Crippen LogP contribution in [0.1, 0.15) is 17.5 Å². The fourth-order valence-corrected chi connectivity index (χ4v) is 3.38. The molecule has 4 N–H and O–H groups in total. The third kappa shape index (κ3) is 6.31. The Hall–Kier alpha value is -1.95. The number of para-hydroxylation sites is 1. The number of amides is 2. The minimum Gasteiger partial charge on any atom is -0.384 e. The zero-order chi connectivity index (χ0) is 18.2. The normalized spacial score (nSPS) is 12.9. The van der Waals surface area contributed by atoms with E-state index in [4.69, 9.17) is 11.6 Å². The van der Waals surface area contributed by atoms with Gasteiger partial charge in [0, 0.05) is 18.8 Å². The van der Waals surface area contributed by atoms with E-state index in [9.17, 15) is 4.79 Å². The third-order valence-electron chi connectivity index (χ3n) is 4.45. The van der Waals surface area contributed by atoms with Gasteiger partial charge in [0.05, 0.1) is 10.7 Å². The molecular formula is C20H26Cl2N4O. The predicted molar refractivity (Wildman–Crippen MR) is 116 cm³/mol. The first-order chi connectivity index (χ1) is 12.7. The number of hydrogen-bond donors (Lipinski definition) is 4. The smallest absolute Gasteiger partial charge is 0.319 e. The van der Waals surface area contributed by atoms with E-state index in [0.717, 1.165) is 55.3 Å². The van der Waals surface area contributed by atoms with Crippen molar-refractivity contribution in [2.24, 2.45) is 0 Å². The lowest BCUT2D eigenvalue weighted by molar-refractivity contribution is 0.252. The standard InChI is InChI=1S/C20H25ClN4O.ClH/c21-18-8-7-15-9-13-22-14-10-17(15)19(18)23-11-4-12-24-20(26)25-16-5-2-1-3-6-16;/h1-3,5-8,22-23H,4,9-14H2,(H2,24,25,26);1H. The summed E-state index contributed by atoms with van der Waals surface area (Å²) in [4.78, 5) is 11.9. The molecule has 1 aliphatic rings. The molecule has 0 radical (unpaired) electrons. The molecule has 7 heteroatoms. The van der Waals surface area contributed by atoms with Gasteiger partial charge in [-0.15, -0.1) is 12.4 Å². The largest absolute Gasteiger partial charge is 0.384 e. The maximum absolute atomic E-state index is 11.9. The fraction of sp³-hybridized carbons (Fsp3) is 0.350. The van der Waals surface area contributed by atoms with Crippen LogP contribution in [0.2, 0.25) is 5.02 Å². The first kappa shape index (κ1) is 21.4. The molecule has 0 fully saturated rings. The van der Waals surface area contributed by atoms with Gasteiger partial charge in [-0.05, 0) is 61.7 Å². The van der Waals surface area contributed by atoms with Gasteiger partial charge in [-0.1, -0.05) is 35.9 Å². The molecule has 2 amide bonds. The molecule has 0 aliphatic carbocycles. The molecule has 1 aliphatic heterocycles. The van der Waals surface area contributed by atoms with Gasteiger partial charge in [-0.2, -0.15) is 0 Å². The topological polar surface area (TPSA) is 65.2 Å². The van der Waals surface area contributed by atoms with Gasteiger partial charge in [0.2, 0.25) is 0 Å². The highest BCUT2D eigenvalue weighted by molar-refractivity contribution is 6.33. The Morgan fingerprint density at radius 1 is 1.04 bits per heavy atom. The molecule has 0 spiro atoms.